The highest BCUT2D eigenvalue weighted by atomic mass is 32.2. The number of benzene rings is 3. The van der Waals surface area contributed by atoms with E-state index in [1.807, 2.05) is 42.5 Å². The van der Waals surface area contributed by atoms with Crippen LogP contribution in [0.1, 0.15) is 6.42 Å². The molecule has 1 aromatic heterocycles. The average molecular weight is 449 g/mol. The third-order valence-electron chi connectivity index (χ3n) is 5.56. The lowest BCUT2D eigenvalue weighted by Gasteiger charge is -2.13. The Balaban J connectivity index is 1.81. The summed E-state index contributed by atoms with van der Waals surface area (Å²) in [6, 6.07) is 21.8. The summed E-state index contributed by atoms with van der Waals surface area (Å²) in [4.78, 5) is 11.0. The highest BCUT2D eigenvalue weighted by Crippen LogP contribution is 2.33. The lowest BCUT2D eigenvalue weighted by atomic mass is 9.98. The molecule has 0 fully saturated rings. The van der Waals surface area contributed by atoms with E-state index in [1.165, 1.54) is 0 Å². The van der Waals surface area contributed by atoms with Crippen molar-refractivity contribution in [2.24, 2.45) is 0 Å². The third-order valence-corrected chi connectivity index (χ3v) is 6.77. The third kappa shape index (κ3) is 4.49. The zero-order valence-corrected chi connectivity index (χ0v) is 18.6. The number of hydrogen-bond donors (Lipinski definition) is 4. The van der Waals surface area contributed by atoms with E-state index in [4.69, 9.17) is 16.6 Å². The summed E-state index contributed by atoms with van der Waals surface area (Å²) >= 11 is 1.62. The number of carboxylic acids is 1. The first kappa shape index (κ1) is 21.9. The number of nitrogen functional groups attached to an aromatic ring is 2. The zero-order chi connectivity index (χ0) is 22.7. The monoisotopic (exact) mass is 448 g/mol. The molecule has 0 aliphatic heterocycles. The minimum Gasteiger partial charge on any atom is -0.477 e. The van der Waals surface area contributed by atoms with Gasteiger partial charge in [0.2, 0.25) is 11.2 Å². The van der Waals surface area contributed by atoms with E-state index in [0.29, 0.717) is 5.75 Å². The maximum Gasteiger partial charge on any atom is 0.363 e. The van der Waals surface area contributed by atoms with Crippen molar-refractivity contribution in [1.29, 1.82) is 0 Å². The summed E-state index contributed by atoms with van der Waals surface area (Å²) in [5, 5.41) is 12.4. The highest BCUT2D eigenvalue weighted by molar-refractivity contribution is 7.99. The fourth-order valence-corrected chi connectivity index (χ4v) is 4.95. The van der Waals surface area contributed by atoms with Crippen molar-refractivity contribution >= 4 is 50.8 Å². The van der Waals surface area contributed by atoms with E-state index in [9.17, 15) is 4.79 Å². The van der Waals surface area contributed by atoms with E-state index in [0.717, 1.165) is 63.0 Å². The van der Waals surface area contributed by atoms with Gasteiger partial charge < -0.3 is 22.3 Å². The van der Waals surface area contributed by atoms with Gasteiger partial charge in [0.05, 0.1) is 16.5 Å². The second kappa shape index (κ2) is 9.46. The summed E-state index contributed by atoms with van der Waals surface area (Å²) in [7, 11) is 0. The van der Waals surface area contributed by atoms with Gasteiger partial charge in [0.25, 0.3) is 0 Å². The number of aryl methyl sites for hydroxylation is 1. The van der Waals surface area contributed by atoms with Crippen LogP contribution < -0.4 is 21.8 Å². The van der Waals surface area contributed by atoms with Crippen molar-refractivity contribution in [3.63, 3.8) is 0 Å². The normalized spacial score (nSPS) is 12.3. The number of carboxylic acid groups (broad SMARTS) is 1. The number of thioether (sulfide) groups is 1. The van der Waals surface area contributed by atoms with Crippen LogP contribution in [0.15, 0.2) is 66.7 Å². The Labute approximate surface area is 191 Å². The predicted molar refractivity (Wildman–Crippen MR) is 132 cm³/mol. The van der Waals surface area contributed by atoms with Gasteiger partial charge in [-0.1, -0.05) is 24.3 Å². The number of aromatic nitrogens is 1. The Hall–Kier alpha value is -3.29. The highest BCUT2D eigenvalue weighted by Gasteiger charge is 2.23. The number of pyridine rings is 1. The molecule has 0 aliphatic carbocycles. The summed E-state index contributed by atoms with van der Waals surface area (Å²) in [5.74, 6) is 0.499. The van der Waals surface area contributed by atoms with Crippen molar-refractivity contribution in [3.8, 4) is 11.3 Å². The van der Waals surface area contributed by atoms with Gasteiger partial charge in [0, 0.05) is 34.8 Å². The van der Waals surface area contributed by atoms with Gasteiger partial charge in [0.1, 0.15) is 0 Å². The number of fused-ring (bicyclic) bond motifs is 3. The van der Waals surface area contributed by atoms with Crippen molar-refractivity contribution in [2.75, 3.05) is 23.0 Å². The molecule has 1 unspecified atom stereocenters. The fraction of sp³-hybridized carbons (Fsp3) is 0.200. The van der Waals surface area contributed by atoms with Crippen LogP contribution in [0.4, 0.5) is 11.4 Å². The first-order valence-electron chi connectivity index (χ1n) is 10.6. The molecule has 4 aromatic rings. The predicted octanol–water partition coefficient (Wildman–Crippen LogP) is 2.93. The minimum atomic E-state index is -0.855. The molecule has 0 amide bonds. The minimum absolute atomic E-state index is 0.507. The number of nitrogens with two attached hydrogens (primary N) is 2. The molecule has 0 spiro atoms. The molecular weight excluding hydrogens is 420 g/mol. The standard InChI is InChI=1S/C25H26N4O2S/c26-17-7-9-19-20-10-8-18(27)14-23(20)29(11-4-12-32-15-22(28)25(30)31)24(21(19)13-17)16-5-2-1-3-6-16/h1-3,5-10,13-14,22,27H,4,11-12,15,26,28H2,(H,30,31)/p+2. The summed E-state index contributed by atoms with van der Waals surface area (Å²) in [5.41, 5.74) is 20.8. The average Bonchev–Trinajstić information content (AvgIpc) is 2.78. The van der Waals surface area contributed by atoms with Crippen molar-refractivity contribution in [1.82, 2.24) is 0 Å². The molecule has 4 rings (SSSR count). The Kier molecular flexibility index (Phi) is 6.48. The number of hydrogen-bond acceptors (Lipinski definition) is 4. The van der Waals surface area contributed by atoms with Crippen LogP contribution in [-0.2, 0) is 11.3 Å². The van der Waals surface area contributed by atoms with Crippen LogP contribution in [0.5, 0.6) is 0 Å². The van der Waals surface area contributed by atoms with Crippen LogP contribution >= 0.6 is 11.8 Å². The first-order chi connectivity index (χ1) is 15.5. The van der Waals surface area contributed by atoms with E-state index >= 15 is 0 Å². The Bertz CT molecular complexity index is 1280. The molecule has 32 heavy (non-hydrogen) atoms. The molecule has 0 aliphatic rings. The van der Waals surface area contributed by atoms with Crippen molar-refractivity contribution in [3.05, 3.63) is 66.7 Å². The van der Waals surface area contributed by atoms with Crippen LogP contribution in [0.25, 0.3) is 32.9 Å². The number of nitrogens with zero attached hydrogens (tertiary/aromatic N) is 1. The number of carbonyl (C=O) groups is 1. The maximum absolute atomic E-state index is 11.0. The second-order valence-corrected chi connectivity index (χ2v) is 9.06. The number of aliphatic carboxylic acids is 1. The van der Waals surface area contributed by atoms with Gasteiger partial charge in [-0.3, -0.25) is 0 Å². The van der Waals surface area contributed by atoms with Crippen molar-refractivity contribution < 1.29 is 20.2 Å². The molecule has 0 saturated carbocycles. The maximum atomic E-state index is 11.0. The van der Waals surface area contributed by atoms with Gasteiger partial charge in [-0.2, -0.15) is 16.3 Å². The Morgan fingerprint density at radius 1 is 0.969 bits per heavy atom. The molecule has 0 saturated heterocycles. The van der Waals surface area contributed by atoms with E-state index in [-0.39, 0.29) is 0 Å². The lowest BCUT2D eigenvalue weighted by Crippen LogP contribution is -2.66. The Morgan fingerprint density at radius 3 is 2.38 bits per heavy atom. The second-order valence-electron chi connectivity index (χ2n) is 7.91. The molecule has 164 valence electrons. The number of anilines is 2. The number of rotatable bonds is 8. The van der Waals surface area contributed by atoms with Gasteiger partial charge in [-0.05, 0) is 42.2 Å². The Morgan fingerprint density at radius 2 is 1.66 bits per heavy atom. The van der Waals surface area contributed by atoms with E-state index in [1.54, 1.807) is 11.8 Å². The zero-order valence-electron chi connectivity index (χ0n) is 17.8. The van der Waals surface area contributed by atoms with E-state index in [2.05, 4.69) is 34.6 Å². The molecule has 1 atom stereocenters. The smallest absolute Gasteiger partial charge is 0.363 e. The van der Waals surface area contributed by atoms with Crippen molar-refractivity contribution in [2.45, 2.75) is 19.0 Å². The lowest BCUT2D eigenvalue weighted by molar-refractivity contribution is -0.659. The molecule has 3 aromatic carbocycles. The summed E-state index contributed by atoms with van der Waals surface area (Å²) in [6.07, 6.45) is 0.888. The molecule has 1 heterocycles. The van der Waals surface area contributed by atoms with Gasteiger partial charge in [0.15, 0.2) is 12.6 Å². The quantitative estimate of drug-likeness (QED) is 0.143. The molecule has 8 N–H and O–H groups in total. The van der Waals surface area contributed by atoms with Crippen LogP contribution in [-0.4, -0.2) is 28.6 Å². The van der Waals surface area contributed by atoms with Gasteiger partial charge in [-0.25, -0.2) is 4.79 Å². The largest absolute Gasteiger partial charge is 0.477 e. The molecular formula is C25H28N4O2S+2. The summed E-state index contributed by atoms with van der Waals surface area (Å²) in [6.45, 7) is 0.775. The van der Waals surface area contributed by atoms with Crippen LogP contribution in [0, 0.1) is 0 Å². The van der Waals surface area contributed by atoms with Crippen LogP contribution in [0.2, 0.25) is 0 Å². The van der Waals surface area contributed by atoms with Crippen LogP contribution in [0.3, 0.4) is 0 Å². The van der Waals surface area contributed by atoms with Gasteiger partial charge >= 0.3 is 5.97 Å². The van der Waals surface area contributed by atoms with E-state index < -0.39 is 12.0 Å². The molecule has 7 heteroatoms. The molecule has 6 nitrogen and oxygen atoms in total. The van der Waals surface area contributed by atoms with Gasteiger partial charge in [-0.15, -0.1) is 0 Å². The SMILES string of the molecule is Nc1ccc2c(c1)c(-c1ccccc1)[n+](CCCSCC([NH3+])C(=O)O)c1cc(N)ccc21. The molecule has 0 bridgehead atoms. The summed E-state index contributed by atoms with van der Waals surface area (Å²) < 4.78 is 2.32. The fourth-order valence-electron chi connectivity index (χ4n) is 4.02. The number of quaternary nitrogens is 1. The molecule has 0 radical (unpaired) electrons. The first-order valence-corrected chi connectivity index (χ1v) is 11.7. The topological polar surface area (TPSA) is 121 Å².